The second-order valence-electron chi connectivity index (χ2n) is 10.8. The molecule has 1 aliphatic rings. The lowest BCUT2D eigenvalue weighted by molar-refractivity contribution is -0.140. The molecule has 230 valence electrons. The molecule has 7 nitrogen and oxygen atoms in total. The third kappa shape index (κ3) is 7.95. The Labute approximate surface area is 250 Å². The van der Waals surface area contributed by atoms with Crippen LogP contribution < -0.4 is 9.62 Å². The summed E-state index contributed by atoms with van der Waals surface area (Å²) >= 11 is 0. The molecule has 0 heterocycles. The average molecular weight is 616 g/mol. The number of rotatable bonds is 11. The number of sulfonamides is 1. The molecule has 1 atom stereocenters. The van der Waals surface area contributed by atoms with Gasteiger partial charge in [-0.3, -0.25) is 13.9 Å². The summed E-state index contributed by atoms with van der Waals surface area (Å²) in [6.45, 7) is 2.88. The zero-order chi connectivity index (χ0) is 31.2. The molecule has 0 aliphatic heterocycles. The summed E-state index contributed by atoms with van der Waals surface area (Å²) in [7, 11) is -4.48. The quantitative estimate of drug-likeness (QED) is 0.284. The fourth-order valence-electron chi connectivity index (χ4n) is 5.26. The number of nitrogens with one attached hydrogen (secondary N) is 1. The number of alkyl halides is 3. The molecule has 0 spiro atoms. The normalized spacial score (nSPS) is 14.7. The van der Waals surface area contributed by atoms with Gasteiger partial charge in [-0.15, -0.1) is 0 Å². The van der Waals surface area contributed by atoms with Crippen molar-refractivity contribution in [3.05, 3.63) is 95.6 Å². The van der Waals surface area contributed by atoms with Crippen LogP contribution >= 0.6 is 0 Å². The minimum Gasteiger partial charge on any atom is -0.352 e. The maximum absolute atomic E-state index is 14.1. The minimum atomic E-state index is -4.73. The monoisotopic (exact) mass is 615 g/mol. The van der Waals surface area contributed by atoms with E-state index in [-0.39, 0.29) is 35.5 Å². The summed E-state index contributed by atoms with van der Waals surface area (Å²) in [6, 6.07) is 17.5. The van der Waals surface area contributed by atoms with Gasteiger partial charge in [0, 0.05) is 12.6 Å². The van der Waals surface area contributed by atoms with Crippen molar-refractivity contribution in [3.8, 4) is 0 Å². The zero-order valence-electron chi connectivity index (χ0n) is 24.2. The average Bonchev–Trinajstić information content (AvgIpc) is 3.49. The molecule has 0 bridgehead atoms. The molecule has 2 amide bonds. The Morgan fingerprint density at radius 2 is 1.60 bits per heavy atom. The minimum absolute atomic E-state index is 0.00191. The van der Waals surface area contributed by atoms with E-state index < -0.39 is 40.3 Å². The summed E-state index contributed by atoms with van der Waals surface area (Å²) in [4.78, 5) is 28.8. The van der Waals surface area contributed by atoms with E-state index in [1.807, 2.05) is 31.2 Å². The Morgan fingerprint density at radius 3 is 2.21 bits per heavy atom. The number of hydrogen-bond donors (Lipinski definition) is 1. The number of carbonyl (C=O) groups is 2. The van der Waals surface area contributed by atoms with Crippen LogP contribution in [0.3, 0.4) is 0 Å². The Hall–Kier alpha value is -3.86. The van der Waals surface area contributed by atoms with Gasteiger partial charge in [0.25, 0.3) is 10.0 Å². The fourth-order valence-corrected chi connectivity index (χ4v) is 6.69. The highest BCUT2D eigenvalue weighted by Crippen LogP contribution is 2.33. The van der Waals surface area contributed by atoms with Gasteiger partial charge in [0.05, 0.1) is 16.1 Å². The second-order valence-corrected chi connectivity index (χ2v) is 12.7. The molecule has 0 aromatic heterocycles. The van der Waals surface area contributed by atoms with Gasteiger partial charge >= 0.3 is 6.18 Å². The molecule has 1 fully saturated rings. The van der Waals surface area contributed by atoms with Crippen molar-refractivity contribution < 1.29 is 31.2 Å². The van der Waals surface area contributed by atoms with Gasteiger partial charge in [0.1, 0.15) is 12.6 Å². The zero-order valence-corrected chi connectivity index (χ0v) is 25.0. The standard InChI is InChI=1S/C32H36F3N3O4S/c1-3-29(31(40)36-26-11-7-8-12-26)37(21-24-18-16-23(2)17-19-24)30(39)22-38(43(41,42)28-14-5-4-6-15-28)27-13-9-10-25(20-27)32(33,34)35/h4-6,9-10,13-20,26,29H,3,7-8,11-12,21-22H2,1-2H3,(H,36,40). The first kappa shape index (κ1) is 32.1. The van der Waals surface area contributed by atoms with Gasteiger partial charge in [0.2, 0.25) is 11.8 Å². The summed E-state index contributed by atoms with van der Waals surface area (Å²) < 4.78 is 69.3. The SMILES string of the molecule is CCC(C(=O)NC1CCCC1)N(Cc1ccc(C)cc1)C(=O)CN(c1cccc(C(F)(F)F)c1)S(=O)(=O)c1ccccc1. The van der Waals surface area contributed by atoms with Crippen molar-refractivity contribution in [3.63, 3.8) is 0 Å². The van der Waals surface area contributed by atoms with E-state index in [1.54, 1.807) is 13.0 Å². The number of aryl methyl sites for hydroxylation is 1. The lowest BCUT2D eigenvalue weighted by atomic mass is 10.1. The van der Waals surface area contributed by atoms with Crippen LogP contribution in [0.2, 0.25) is 0 Å². The Morgan fingerprint density at radius 1 is 0.953 bits per heavy atom. The predicted molar refractivity (Wildman–Crippen MR) is 159 cm³/mol. The third-order valence-corrected chi connectivity index (χ3v) is 9.42. The van der Waals surface area contributed by atoms with Crippen LogP contribution in [0.1, 0.15) is 55.7 Å². The number of nitrogens with zero attached hydrogens (tertiary/aromatic N) is 2. The van der Waals surface area contributed by atoms with E-state index >= 15 is 0 Å². The summed E-state index contributed by atoms with van der Waals surface area (Å²) in [5, 5.41) is 3.04. The molecular formula is C32H36F3N3O4S. The van der Waals surface area contributed by atoms with E-state index in [9.17, 15) is 31.2 Å². The summed E-state index contributed by atoms with van der Waals surface area (Å²) in [5.74, 6) is -1.06. The number of benzene rings is 3. The van der Waals surface area contributed by atoms with Crippen LogP contribution in [0.15, 0.2) is 83.8 Å². The van der Waals surface area contributed by atoms with E-state index in [2.05, 4.69) is 5.32 Å². The Balaban J connectivity index is 1.74. The lowest BCUT2D eigenvalue weighted by Crippen LogP contribution is -2.53. The third-order valence-electron chi connectivity index (χ3n) is 7.63. The first-order valence-electron chi connectivity index (χ1n) is 14.3. The Bertz CT molecular complexity index is 1510. The van der Waals surface area contributed by atoms with Crippen LogP contribution in [0.5, 0.6) is 0 Å². The topological polar surface area (TPSA) is 86.8 Å². The highest BCUT2D eigenvalue weighted by molar-refractivity contribution is 7.92. The highest BCUT2D eigenvalue weighted by Gasteiger charge is 2.36. The van der Waals surface area contributed by atoms with Crippen LogP contribution in [0, 0.1) is 6.92 Å². The lowest BCUT2D eigenvalue weighted by Gasteiger charge is -2.34. The molecule has 1 unspecified atom stereocenters. The number of hydrogen-bond acceptors (Lipinski definition) is 4. The molecular weight excluding hydrogens is 579 g/mol. The smallest absolute Gasteiger partial charge is 0.352 e. The van der Waals surface area contributed by atoms with Crippen LogP contribution in [0.4, 0.5) is 18.9 Å². The largest absolute Gasteiger partial charge is 0.416 e. The van der Waals surface area contributed by atoms with Gasteiger partial charge < -0.3 is 10.2 Å². The summed E-state index contributed by atoms with van der Waals surface area (Å²) in [5.41, 5.74) is 0.357. The molecule has 43 heavy (non-hydrogen) atoms. The van der Waals surface area contributed by atoms with Crippen molar-refractivity contribution in [2.45, 2.75) is 75.7 Å². The molecule has 4 rings (SSSR count). The predicted octanol–water partition coefficient (Wildman–Crippen LogP) is 6.08. The molecule has 0 radical (unpaired) electrons. The van der Waals surface area contributed by atoms with Crippen LogP contribution in [0.25, 0.3) is 0 Å². The van der Waals surface area contributed by atoms with E-state index in [1.165, 1.54) is 35.2 Å². The van der Waals surface area contributed by atoms with Gasteiger partial charge in [-0.2, -0.15) is 13.2 Å². The molecule has 3 aromatic rings. The molecule has 11 heteroatoms. The summed E-state index contributed by atoms with van der Waals surface area (Å²) in [6.07, 6.45) is -0.802. The number of anilines is 1. The molecule has 0 saturated heterocycles. The van der Waals surface area contributed by atoms with Crippen LogP contribution in [-0.4, -0.2) is 43.8 Å². The van der Waals surface area contributed by atoms with Gasteiger partial charge in [-0.05, 0) is 62.1 Å². The van der Waals surface area contributed by atoms with Crippen molar-refractivity contribution >= 4 is 27.5 Å². The first-order valence-corrected chi connectivity index (χ1v) is 15.7. The van der Waals surface area contributed by atoms with Crippen molar-refractivity contribution in [2.75, 3.05) is 10.8 Å². The second kappa shape index (κ2) is 13.6. The number of carbonyl (C=O) groups excluding carboxylic acids is 2. The van der Waals surface area contributed by atoms with Crippen LogP contribution in [-0.2, 0) is 32.3 Å². The number of amides is 2. The first-order chi connectivity index (χ1) is 20.4. The fraction of sp³-hybridized carbons (Fsp3) is 0.375. The van der Waals surface area contributed by atoms with Crippen molar-refractivity contribution in [1.29, 1.82) is 0 Å². The molecule has 1 N–H and O–H groups in total. The Kier molecular flexibility index (Phi) is 10.2. The van der Waals surface area contributed by atoms with E-state index in [0.717, 1.165) is 48.9 Å². The van der Waals surface area contributed by atoms with Gasteiger partial charge in [-0.1, -0.05) is 73.9 Å². The highest BCUT2D eigenvalue weighted by atomic mass is 32.2. The molecule has 1 saturated carbocycles. The molecule has 1 aliphatic carbocycles. The van der Waals surface area contributed by atoms with E-state index in [0.29, 0.717) is 10.4 Å². The maximum Gasteiger partial charge on any atom is 0.416 e. The van der Waals surface area contributed by atoms with Gasteiger partial charge in [0.15, 0.2) is 0 Å². The van der Waals surface area contributed by atoms with Crippen molar-refractivity contribution in [2.24, 2.45) is 0 Å². The molecule has 3 aromatic carbocycles. The maximum atomic E-state index is 14.1. The number of halogens is 3. The van der Waals surface area contributed by atoms with Gasteiger partial charge in [-0.25, -0.2) is 8.42 Å². The van der Waals surface area contributed by atoms with Crippen molar-refractivity contribution in [1.82, 2.24) is 10.2 Å². The van der Waals surface area contributed by atoms with E-state index in [4.69, 9.17) is 0 Å².